The molecule has 0 radical (unpaired) electrons. The fourth-order valence-corrected chi connectivity index (χ4v) is 3.77. The van der Waals surface area contributed by atoms with Gasteiger partial charge in [-0.25, -0.2) is 0 Å². The quantitative estimate of drug-likeness (QED) is 0.718. The highest BCUT2D eigenvalue weighted by molar-refractivity contribution is 6.33. The summed E-state index contributed by atoms with van der Waals surface area (Å²) in [5, 5.41) is 10.8. The SMILES string of the molecule is CC1(C(=O)Nc2ccc(CNc3c(Cl)ccc4c3CCNCC4)cc2)CC1. The van der Waals surface area contributed by atoms with Crippen LogP contribution in [0.2, 0.25) is 5.02 Å². The van der Waals surface area contributed by atoms with Crippen LogP contribution in [-0.4, -0.2) is 19.0 Å². The number of fused-ring (bicyclic) bond motifs is 1. The fourth-order valence-electron chi connectivity index (χ4n) is 3.53. The van der Waals surface area contributed by atoms with E-state index in [-0.39, 0.29) is 11.3 Å². The number of hydrogen-bond donors (Lipinski definition) is 3. The van der Waals surface area contributed by atoms with E-state index in [0.717, 1.165) is 60.7 Å². The van der Waals surface area contributed by atoms with Gasteiger partial charge in [0, 0.05) is 17.6 Å². The summed E-state index contributed by atoms with van der Waals surface area (Å²) in [5.41, 5.74) is 5.61. The van der Waals surface area contributed by atoms with Gasteiger partial charge in [0.15, 0.2) is 0 Å². The number of rotatable bonds is 5. The van der Waals surface area contributed by atoms with Crippen molar-refractivity contribution >= 4 is 28.9 Å². The zero-order chi connectivity index (χ0) is 18.9. The minimum Gasteiger partial charge on any atom is -0.380 e. The molecule has 1 heterocycles. The first-order valence-electron chi connectivity index (χ1n) is 9.70. The number of hydrogen-bond acceptors (Lipinski definition) is 3. The van der Waals surface area contributed by atoms with Crippen molar-refractivity contribution in [3.63, 3.8) is 0 Å². The molecule has 3 N–H and O–H groups in total. The maximum absolute atomic E-state index is 12.2. The van der Waals surface area contributed by atoms with E-state index in [9.17, 15) is 4.79 Å². The van der Waals surface area contributed by atoms with E-state index in [4.69, 9.17) is 11.6 Å². The lowest BCUT2D eigenvalue weighted by Crippen LogP contribution is -2.21. The Kier molecular flexibility index (Phi) is 5.11. The van der Waals surface area contributed by atoms with Crippen molar-refractivity contribution in [1.29, 1.82) is 0 Å². The fraction of sp³-hybridized carbons (Fsp3) is 0.409. The highest BCUT2D eigenvalue weighted by Gasteiger charge is 2.44. The molecular weight excluding hydrogens is 358 g/mol. The van der Waals surface area contributed by atoms with Crippen LogP contribution in [0, 0.1) is 5.41 Å². The van der Waals surface area contributed by atoms with Crippen molar-refractivity contribution in [2.75, 3.05) is 23.7 Å². The Labute approximate surface area is 165 Å². The molecule has 5 heteroatoms. The van der Waals surface area contributed by atoms with Crippen molar-refractivity contribution in [1.82, 2.24) is 5.32 Å². The second-order valence-corrected chi connectivity index (χ2v) is 8.28. The number of halogens is 1. The van der Waals surface area contributed by atoms with Crippen LogP contribution in [0.1, 0.15) is 36.5 Å². The third-order valence-corrected chi connectivity index (χ3v) is 6.03. The lowest BCUT2D eigenvalue weighted by Gasteiger charge is -2.16. The van der Waals surface area contributed by atoms with Crippen LogP contribution in [0.5, 0.6) is 0 Å². The Morgan fingerprint density at radius 3 is 2.59 bits per heavy atom. The van der Waals surface area contributed by atoms with E-state index >= 15 is 0 Å². The van der Waals surface area contributed by atoms with Gasteiger partial charge in [-0.3, -0.25) is 4.79 Å². The van der Waals surface area contributed by atoms with Crippen LogP contribution in [0.4, 0.5) is 11.4 Å². The summed E-state index contributed by atoms with van der Waals surface area (Å²) in [5.74, 6) is 0.126. The second-order valence-electron chi connectivity index (χ2n) is 7.88. The van der Waals surface area contributed by atoms with Crippen molar-refractivity contribution in [2.45, 2.75) is 39.2 Å². The van der Waals surface area contributed by atoms with Crippen LogP contribution in [0.15, 0.2) is 36.4 Å². The molecular formula is C22H26ClN3O. The lowest BCUT2D eigenvalue weighted by molar-refractivity contribution is -0.120. The van der Waals surface area contributed by atoms with Gasteiger partial charge in [0.2, 0.25) is 5.91 Å². The molecule has 1 saturated carbocycles. The molecule has 1 aliphatic carbocycles. The average Bonchev–Trinajstić information content (AvgIpc) is 3.45. The molecule has 4 nitrogen and oxygen atoms in total. The monoisotopic (exact) mass is 383 g/mol. The Balaban J connectivity index is 1.42. The van der Waals surface area contributed by atoms with Crippen LogP contribution in [0.25, 0.3) is 0 Å². The minimum absolute atomic E-state index is 0.126. The van der Waals surface area contributed by atoms with Gasteiger partial charge in [-0.2, -0.15) is 0 Å². The van der Waals surface area contributed by atoms with Crippen LogP contribution >= 0.6 is 11.6 Å². The number of benzene rings is 2. The van der Waals surface area contributed by atoms with Crippen molar-refractivity contribution in [3.05, 3.63) is 58.1 Å². The molecule has 0 bridgehead atoms. The van der Waals surface area contributed by atoms with E-state index in [1.54, 1.807) is 0 Å². The topological polar surface area (TPSA) is 53.2 Å². The summed E-state index contributed by atoms with van der Waals surface area (Å²) < 4.78 is 0. The summed E-state index contributed by atoms with van der Waals surface area (Å²) in [6.07, 6.45) is 3.99. The van der Waals surface area contributed by atoms with Crippen molar-refractivity contribution in [3.8, 4) is 0 Å². The van der Waals surface area contributed by atoms with Gasteiger partial charge in [-0.15, -0.1) is 0 Å². The predicted molar refractivity (Wildman–Crippen MR) is 111 cm³/mol. The first kappa shape index (κ1) is 18.3. The molecule has 1 amide bonds. The van der Waals surface area contributed by atoms with Gasteiger partial charge in [0.1, 0.15) is 0 Å². The molecule has 1 fully saturated rings. The summed E-state index contributed by atoms with van der Waals surface area (Å²) in [4.78, 5) is 12.2. The number of carbonyl (C=O) groups is 1. The molecule has 0 spiro atoms. The highest BCUT2D eigenvalue weighted by atomic mass is 35.5. The van der Waals surface area contributed by atoms with Crippen LogP contribution in [0.3, 0.4) is 0 Å². The normalized spacial score (nSPS) is 17.6. The molecule has 1 aliphatic heterocycles. The van der Waals surface area contributed by atoms with Gasteiger partial charge in [0.05, 0.1) is 10.7 Å². The highest BCUT2D eigenvalue weighted by Crippen LogP contribution is 2.45. The van der Waals surface area contributed by atoms with Gasteiger partial charge >= 0.3 is 0 Å². The third kappa shape index (κ3) is 4.12. The van der Waals surface area contributed by atoms with Gasteiger partial charge in [-0.1, -0.05) is 36.7 Å². The second kappa shape index (κ2) is 7.53. The number of carbonyl (C=O) groups excluding carboxylic acids is 1. The zero-order valence-corrected chi connectivity index (χ0v) is 16.5. The number of amides is 1. The van der Waals surface area contributed by atoms with E-state index < -0.39 is 0 Å². The van der Waals surface area contributed by atoms with Crippen molar-refractivity contribution in [2.24, 2.45) is 5.41 Å². The minimum atomic E-state index is -0.156. The van der Waals surface area contributed by atoms with Crippen LogP contribution in [-0.2, 0) is 24.2 Å². The Bertz CT molecular complexity index is 843. The average molecular weight is 384 g/mol. The van der Waals surface area contributed by atoms with E-state index in [2.05, 4.69) is 34.1 Å². The number of anilines is 2. The molecule has 0 atom stereocenters. The van der Waals surface area contributed by atoms with E-state index in [0.29, 0.717) is 6.54 Å². The molecule has 0 saturated heterocycles. The maximum Gasteiger partial charge on any atom is 0.230 e. The predicted octanol–water partition coefficient (Wildman–Crippen LogP) is 4.38. The largest absolute Gasteiger partial charge is 0.380 e. The summed E-state index contributed by atoms with van der Waals surface area (Å²) >= 11 is 6.48. The molecule has 2 aliphatic rings. The maximum atomic E-state index is 12.2. The molecule has 2 aromatic carbocycles. The molecule has 142 valence electrons. The molecule has 2 aromatic rings. The molecule has 0 unspecified atom stereocenters. The Morgan fingerprint density at radius 1 is 1.11 bits per heavy atom. The standard InChI is InChI=1S/C22H26ClN3O/c1-22(10-11-22)21(27)26-17-5-2-15(3-6-17)14-25-20-18-9-13-24-12-8-16(18)4-7-19(20)23/h2-7,24-25H,8-14H2,1H3,(H,26,27). The summed E-state index contributed by atoms with van der Waals surface area (Å²) in [7, 11) is 0. The molecule has 27 heavy (non-hydrogen) atoms. The van der Waals surface area contributed by atoms with Gasteiger partial charge < -0.3 is 16.0 Å². The van der Waals surface area contributed by atoms with Gasteiger partial charge in [0.25, 0.3) is 0 Å². The summed E-state index contributed by atoms with van der Waals surface area (Å²) in [6.45, 7) is 4.72. The number of nitrogens with one attached hydrogen (secondary N) is 3. The molecule has 4 rings (SSSR count). The smallest absolute Gasteiger partial charge is 0.230 e. The molecule has 0 aromatic heterocycles. The van der Waals surface area contributed by atoms with E-state index in [1.807, 2.05) is 25.1 Å². The van der Waals surface area contributed by atoms with E-state index in [1.165, 1.54) is 11.1 Å². The lowest BCUT2D eigenvalue weighted by atomic mass is 10.0. The third-order valence-electron chi connectivity index (χ3n) is 5.71. The Morgan fingerprint density at radius 2 is 1.85 bits per heavy atom. The van der Waals surface area contributed by atoms with Gasteiger partial charge in [-0.05, 0) is 73.7 Å². The first-order chi connectivity index (χ1) is 13.0. The van der Waals surface area contributed by atoms with Crippen molar-refractivity contribution < 1.29 is 4.79 Å². The Hall–Kier alpha value is -2.04. The first-order valence-corrected chi connectivity index (χ1v) is 10.1. The summed E-state index contributed by atoms with van der Waals surface area (Å²) in [6, 6.07) is 12.2. The van der Waals surface area contributed by atoms with Crippen LogP contribution < -0.4 is 16.0 Å². The zero-order valence-electron chi connectivity index (χ0n) is 15.7.